The Morgan fingerprint density at radius 3 is 2.48 bits per heavy atom. The average molecular weight is 422 g/mol. The Hall–Kier alpha value is -2.28. The van der Waals surface area contributed by atoms with Crippen LogP contribution in [-0.2, 0) is 9.59 Å². The van der Waals surface area contributed by atoms with E-state index >= 15 is 0 Å². The maximum Gasteiger partial charge on any atom is 0.224 e. The second-order valence-corrected chi connectivity index (χ2v) is 7.64. The van der Waals surface area contributed by atoms with E-state index in [0.29, 0.717) is 36.7 Å². The minimum absolute atomic E-state index is 0.0254. The van der Waals surface area contributed by atoms with Gasteiger partial charge < -0.3 is 20.9 Å². The van der Waals surface area contributed by atoms with Gasteiger partial charge in [0.25, 0.3) is 0 Å². The molecule has 8 heteroatoms. The normalized spacial score (nSPS) is 15.1. The molecule has 1 heterocycles. The molecule has 1 aliphatic rings. The van der Waals surface area contributed by atoms with Crippen molar-refractivity contribution in [3.63, 3.8) is 0 Å². The number of halogens is 1. The first-order valence-corrected chi connectivity index (χ1v) is 10.7. The number of hydrogen-bond acceptors (Lipinski definition) is 3. The van der Waals surface area contributed by atoms with Crippen molar-refractivity contribution >= 4 is 35.1 Å². The zero-order valence-electron chi connectivity index (χ0n) is 17.3. The van der Waals surface area contributed by atoms with Gasteiger partial charge in [-0.3, -0.25) is 14.6 Å². The fourth-order valence-electron chi connectivity index (χ4n) is 3.32. The topological polar surface area (TPSA) is 85.8 Å². The van der Waals surface area contributed by atoms with Crippen molar-refractivity contribution in [2.24, 2.45) is 10.9 Å². The summed E-state index contributed by atoms with van der Waals surface area (Å²) in [6, 6.07) is 7.08. The number of carbonyl (C=O) groups is 2. The molecular weight excluding hydrogens is 390 g/mol. The van der Waals surface area contributed by atoms with Crippen LogP contribution in [0.3, 0.4) is 0 Å². The van der Waals surface area contributed by atoms with Crippen LogP contribution in [0.1, 0.15) is 39.0 Å². The number of piperidine rings is 1. The molecule has 1 aromatic rings. The smallest absolute Gasteiger partial charge is 0.224 e. The third-order valence-electron chi connectivity index (χ3n) is 4.95. The van der Waals surface area contributed by atoms with Crippen LogP contribution in [0.25, 0.3) is 0 Å². The van der Waals surface area contributed by atoms with Crippen LogP contribution in [0.15, 0.2) is 29.3 Å². The summed E-state index contributed by atoms with van der Waals surface area (Å²) in [7, 11) is 1.68. The molecule has 3 N–H and O–H groups in total. The zero-order chi connectivity index (χ0) is 21.1. The largest absolute Gasteiger partial charge is 0.359 e. The van der Waals surface area contributed by atoms with E-state index in [9.17, 15) is 9.59 Å². The van der Waals surface area contributed by atoms with Gasteiger partial charge in [0.2, 0.25) is 11.8 Å². The molecular formula is C21H32ClN5O2. The summed E-state index contributed by atoms with van der Waals surface area (Å²) in [5.74, 6) is 1.41. The number of benzene rings is 1. The summed E-state index contributed by atoms with van der Waals surface area (Å²) >= 11 is 5.85. The molecule has 7 nitrogen and oxygen atoms in total. The Morgan fingerprint density at radius 1 is 1.17 bits per heavy atom. The number of nitrogens with one attached hydrogen (secondary N) is 3. The Morgan fingerprint density at radius 2 is 1.86 bits per heavy atom. The third kappa shape index (κ3) is 8.31. The number of amides is 2. The molecule has 1 aliphatic heterocycles. The average Bonchev–Trinajstić information content (AvgIpc) is 2.72. The minimum Gasteiger partial charge on any atom is -0.359 e. The number of guanidine groups is 1. The van der Waals surface area contributed by atoms with Crippen LogP contribution in [-0.4, -0.2) is 55.9 Å². The highest BCUT2D eigenvalue weighted by Crippen LogP contribution is 2.20. The van der Waals surface area contributed by atoms with Crippen molar-refractivity contribution in [1.29, 1.82) is 0 Å². The molecule has 0 bridgehead atoms. The van der Waals surface area contributed by atoms with Gasteiger partial charge in [0.15, 0.2) is 5.96 Å². The molecule has 29 heavy (non-hydrogen) atoms. The Bertz CT molecular complexity index is 685. The first kappa shape index (κ1) is 23.0. The van der Waals surface area contributed by atoms with Gasteiger partial charge in [0, 0.05) is 56.8 Å². The summed E-state index contributed by atoms with van der Waals surface area (Å²) < 4.78 is 0. The molecule has 0 unspecified atom stereocenters. The number of hydrogen-bond donors (Lipinski definition) is 3. The second-order valence-electron chi connectivity index (χ2n) is 7.20. The fourth-order valence-corrected chi connectivity index (χ4v) is 3.45. The maximum absolute atomic E-state index is 12.1. The van der Waals surface area contributed by atoms with Crippen molar-refractivity contribution in [2.75, 3.05) is 38.5 Å². The van der Waals surface area contributed by atoms with Gasteiger partial charge in [-0.15, -0.1) is 0 Å². The van der Waals surface area contributed by atoms with E-state index in [2.05, 4.69) is 25.8 Å². The van der Waals surface area contributed by atoms with Gasteiger partial charge in [0.05, 0.1) is 0 Å². The maximum atomic E-state index is 12.1. The Kier molecular flexibility index (Phi) is 9.77. The molecule has 1 aromatic carbocycles. The van der Waals surface area contributed by atoms with Crippen molar-refractivity contribution < 1.29 is 9.59 Å². The van der Waals surface area contributed by atoms with Crippen LogP contribution in [0.2, 0.25) is 5.02 Å². The van der Waals surface area contributed by atoms with Crippen LogP contribution in [0.5, 0.6) is 0 Å². The second kappa shape index (κ2) is 12.3. The molecule has 0 aromatic heterocycles. The van der Waals surface area contributed by atoms with Crippen molar-refractivity contribution in [2.45, 2.75) is 39.0 Å². The lowest BCUT2D eigenvalue weighted by molar-refractivity contribution is -0.121. The number of carbonyl (C=O) groups excluding carboxylic acids is 2. The summed E-state index contributed by atoms with van der Waals surface area (Å²) in [5.41, 5.74) is 0.746. The van der Waals surface area contributed by atoms with E-state index in [0.717, 1.165) is 44.1 Å². The van der Waals surface area contributed by atoms with Crippen molar-refractivity contribution in [1.82, 2.24) is 15.5 Å². The lowest BCUT2D eigenvalue weighted by Gasteiger charge is -2.34. The van der Waals surface area contributed by atoms with Crippen LogP contribution in [0, 0.1) is 5.92 Å². The Labute approximate surface area is 178 Å². The molecule has 160 valence electrons. The monoisotopic (exact) mass is 421 g/mol. The molecule has 2 rings (SSSR count). The van der Waals surface area contributed by atoms with Crippen LogP contribution >= 0.6 is 11.6 Å². The standard InChI is InChI=1S/C21H32ClN5O2/c1-3-24-21(27-13-10-16(11-14-27)15-20(29)23-2)25-12-4-5-19(28)26-18-8-6-17(22)7-9-18/h6-9,16H,3-5,10-15H2,1-2H3,(H,23,29)(H,24,25)(H,26,28). The highest BCUT2D eigenvalue weighted by molar-refractivity contribution is 6.30. The summed E-state index contributed by atoms with van der Waals surface area (Å²) in [4.78, 5) is 30.6. The van der Waals surface area contributed by atoms with Gasteiger partial charge in [-0.25, -0.2) is 0 Å². The highest BCUT2D eigenvalue weighted by Gasteiger charge is 2.23. The van der Waals surface area contributed by atoms with Crippen LogP contribution < -0.4 is 16.0 Å². The zero-order valence-corrected chi connectivity index (χ0v) is 18.1. The van der Waals surface area contributed by atoms with Crippen molar-refractivity contribution in [3.8, 4) is 0 Å². The van der Waals surface area contributed by atoms with E-state index < -0.39 is 0 Å². The predicted octanol–water partition coefficient (Wildman–Crippen LogP) is 2.87. The molecule has 0 aliphatic carbocycles. The van der Waals surface area contributed by atoms with E-state index in [1.807, 2.05) is 6.92 Å². The molecule has 1 saturated heterocycles. The van der Waals surface area contributed by atoms with Gasteiger partial charge >= 0.3 is 0 Å². The highest BCUT2D eigenvalue weighted by atomic mass is 35.5. The first-order valence-electron chi connectivity index (χ1n) is 10.3. The molecule has 0 radical (unpaired) electrons. The quantitative estimate of drug-likeness (QED) is 0.342. The van der Waals surface area contributed by atoms with Gasteiger partial charge in [-0.05, 0) is 56.4 Å². The van der Waals surface area contributed by atoms with Gasteiger partial charge in [0.1, 0.15) is 0 Å². The molecule has 0 atom stereocenters. The summed E-state index contributed by atoms with van der Waals surface area (Å²) in [5, 5.41) is 9.55. The van der Waals surface area contributed by atoms with E-state index in [1.54, 1.807) is 31.3 Å². The molecule has 1 fully saturated rings. The lowest BCUT2D eigenvalue weighted by atomic mass is 9.93. The number of likely N-dealkylation sites (tertiary alicyclic amines) is 1. The first-order chi connectivity index (χ1) is 14.0. The molecule has 2 amide bonds. The number of anilines is 1. The number of rotatable bonds is 8. The van der Waals surface area contributed by atoms with Crippen LogP contribution in [0.4, 0.5) is 5.69 Å². The summed E-state index contributed by atoms with van der Waals surface area (Å²) in [6.07, 6.45) is 3.67. The molecule has 0 spiro atoms. The van der Waals surface area contributed by atoms with E-state index in [1.165, 1.54) is 0 Å². The van der Waals surface area contributed by atoms with Gasteiger partial charge in [-0.2, -0.15) is 0 Å². The van der Waals surface area contributed by atoms with E-state index in [-0.39, 0.29) is 11.8 Å². The minimum atomic E-state index is -0.0254. The third-order valence-corrected chi connectivity index (χ3v) is 5.21. The predicted molar refractivity (Wildman–Crippen MR) is 118 cm³/mol. The molecule has 0 saturated carbocycles. The summed E-state index contributed by atoms with van der Waals surface area (Å²) in [6.45, 7) is 5.23. The number of nitrogens with zero attached hydrogens (tertiary/aromatic N) is 2. The Balaban J connectivity index is 1.75. The number of aliphatic imine (C=N–C) groups is 1. The fraction of sp³-hybridized carbons (Fsp3) is 0.571. The lowest BCUT2D eigenvalue weighted by Crippen LogP contribution is -2.46. The van der Waals surface area contributed by atoms with E-state index in [4.69, 9.17) is 11.6 Å². The SMILES string of the molecule is CCNC(=NCCCC(=O)Nc1ccc(Cl)cc1)N1CCC(CC(=O)NC)CC1. The van der Waals surface area contributed by atoms with Gasteiger partial charge in [-0.1, -0.05) is 11.6 Å². The van der Waals surface area contributed by atoms with Crippen molar-refractivity contribution in [3.05, 3.63) is 29.3 Å².